The van der Waals surface area contributed by atoms with Gasteiger partial charge in [-0.05, 0) is 42.3 Å². The van der Waals surface area contributed by atoms with Gasteiger partial charge in [0.05, 0.1) is 35.4 Å². The maximum atomic E-state index is 13.5. The molecule has 0 spiro atoms. The molecule has 0 aliphatic heterocycles. The van der Waals surface area contributed by atoms with Crippen molar-refractivity contribution in [1.29, 1.82) is 0 Å². The molecule has 2 aromatic carbocycles. The normalized spacial score (nSPS) is 11.8. The molecule has 3 aromatic rings. The van der Waals surface area contributed by atoms with E-state index in [1.54, 1.807) is 0 Å². The zero-order valence-electron chi connectivity index (χ0n) is 16.1. The van der Waals surface area contributed by atoms with E-state index < -0.39 is 28.6 Å². The Morgan fingerprint density at radius 1 is 1.16 bits per heavy atom. The van der Waals surface area contributed by atoms with Gasteiger partial charge in [-0.25, -0.2) is 17.9 Å². The van der Waals surface area contributed by atoms with Crippen LogP contribution < -0.4 is 15.2 Å². The molecular weight excluding hydrogens is 438 g/mol. The summed E-state index contributed by atoms with van der Waals surface area (Å²) in [6.07, 6.45) is -4.51. The lowest BCUT2D eigenvalue weighted by molar-refractivity contribution is -0.140. The van der Waals surface area contributed by atoms with Gasteiger partial charge in [-0.3, -0.25) is 0 Å². The summed E-state index contributed by atoms with van der Waals surface area (Å²) < 4.78 is 81.4. The van der Waals surface area contributed by atoms with Crippen molar-refractivity contribution >= 4 is 26.6 Å². The average Bonchev–Trinajstić information content (AvgIpc) is 2.99. The molecule has 0 saturated carbocycles. The van der Waals surface area contributed by atoms with Gasteiger partial charge in [0.1, 0.15) is 18.1 Å². The molecule has 3 rings (SSSR count). The van der Waals surface area contributed by atoms with Crippen LogP contribution in [0.2, 0.25) is 0 Å². The van der Waals surface area contributed by atoms with Crippen molar-refractivity contribution in [3.05, 3.63) is 54.0 Å². The molecular formula is C20H17F4N3O3S. The van der Waals surface area contributed by atoms with Crippen molar-refractivity contribution in [2.45, 2.75) is 17.6 Å². The summed E-state index contributed by atoms with van der Waals surface area (Å²) in [6.45, 7) is -1.28. The largest absolute Gasteiger partial charge is 0.495 e. The molecule has 3 N–H and O–H groups in total. The van der Waals surface area contributed by atoms with Gasteiger partial charge in [0.15, 0.2) is 0 Å². The van der Waals surface area contributed by atoms with Gasteiger partial charge >= 0.3 is 6.18 Å². The van der Waals surface area contributed by atoms with Gasteiger partial charge in [-0.15, -0.1) is 0 Å². The second-order valence-corrected chi connectivity index (χ2v) is 8.06. The molecule has 1 heterocycles. The third-order valence-electron chi connectivity index (χ3n) is 4.29. The van der Waals surface area contributed by atoms with Crippen molar-refractivity contribution in [1.82, 2.24) is 4.57 Å². The molecule has 0 radical (unpaired) electrons. The second-order valence-electron chi connectivity index (χ2n) is 6.50. The molecule has 11 heteroatoms. The predicted octanol–water partition coefficient (Wildman–Crippen LogP) is 3.46. The number of benzene rings is 2. The molecule has 0 aliphatic carbocycles. The summed E-state index contributed by atoms with van der Waals surface area (Å²) in [5, 5.41) is 8.42. The molecule has 0 saturated heterocycles. The molecule has 0 aliphatic rings. The molecule has 0 atom stereocenters. The van der Waals surface area contributed by atoms with E-state index in [-0.39, 0.29) is 28.4 Å². The van der Waals surface area contributed by atoms with Crippen LogP contribution in [0.5, 0.6) is 5.75 Å². The summed E-state index contributed by atoms with van der Waals surface area (Å²) in [5.41, 5.74) is 0.591. The Morgan fingerprint density at radius 3 is 2.55 bits per heavy atom. The van der Waals surface area contributed by atoms with Gasteiger partial charge < -0.3 is 14.6 Å². The fourth-order valence-electron chi connectivity index (χ4n) is 2.95. The van der Waals surface area contributed by atoms with Crippen molar-refractivity contribution in [3.8, 4) is 17.6 Å². The number of fused-ring (bicyclic) bond motifs is 1. The maximum Gasteiger partial charge on any atom is 0.406 e. The van der Waals surface area contributed by atoms with E-state index in [4.69, 9.17) is 9.88 Å². The van der Waals surface area contributed by atoms with Gasteiger partial charge in [0, 0.05) is 11.5 Å². The Balaban J connectivity index is 1.85. The SMILES string of the molecule is COc1cc(S(N)(=O)=O)ccc1NCC#Cc1cc2ccc(F)cc2n1CC(F)(F)F. The monoisotopic (exact) mass is 455 g/mol. The number of aromatic nitrogens is 1. The van der Waals surface area contributed by atoms with Crippen LogP contribution in [0, 0.1) is 17.7 Å². The molecule has 6 nitrogen and oxygen atoms in total. The van der Waals surface area contributed by atoms with E-state index in [2.05, 4.69) is 17.2 Å². The van der Waals surface area contributed by atoms with E-state index in [1.807, 2.05) is 0 Å². The Morgan fingerprint density at radius 2 is 1.90 bits per heavy atom. The van der Waals surface area contributed by atoms with Gasteiger partial charge in [-0.2, -0.15) is 13.2 Å². The van der Waals surface area contributed by atoms with Gasteiger partial charge in [0.2, 0.25) is 10.0 Å². The lowest BCUT2D eigenvalue weighted by atomic mass is 10.2. The van der Waals surface area contributed by atoms with Crippen LogP contribution >= 0.6 is 0 Å². The lowest BCUT2D eigenvalue weighted by Crippen LogP contribution is -2.18. The number of hydrogen-bond donors (Lipinski definition) is 2. The number of anilines is 1. The predicted molar refractivity (Wildman–Crippen MR) is 108 cm³/mol. The number of rotatable bonds is 5. The molecule has 0 fully saturated rings. The summed E-state index contributed by atoms with van der Waals surface area (Å²) in [5.74, 6) is 4.92. The van der Waals surface area contributed by atoms with Crippen LogP contribution in [0.1, 0.15) is 5.69 Å². The number of nitrogens with one attached hydrogen (secondary N) is 1. The van der Waals surface area contributed by atoms with Gasteiger partial charge in [-0.1, -0.05) is 5.92 Å². The van der Waals surface area contributed by atoms with Crippen molar-refractivity contribution in [2.75, 3.05) is 19.0 Å². The summed E-state index contributed by atoms with van der Waals surface area (Å²) in [7, 11) is -2.57. The fraction of sp³-hybridized carbons (Fsp3) is 0.200. The van der Waals surface area contributed by atoms with Crippen LogP contribution in [0.25, 0.3) is 10.9 Å². The number of hydrogen-bond acceptors (Lipinski definition) is 4. The van der Waals surface area contributed by atoms with Crippen molar-refractivity contribution in [3.63, 3.8) is 0 Å². The third-order valence-corrected chi connectivity index (χ3v) is 5.20. The first kappa shape index (κ1) is 22.5. The molecule has 0 bridgehead atoms. The average molecular weight is 455 g/mol. The number of alkyl halides is 3. The molecule has 164 valence electrons. The summed E-state index contributed by atoms with van der Waals surface area (Å²) in [4.78, 5) is -0.134. The van der Waals surface area contributed by atoms with E-state index >= 15 is 0 Å². The third kappa shape index (κ3) is 5.48. The van der Waals surface area contributed by atoms with Crippen molar-refractivity contribution < 1.29 is 30.7 Å². The van der Waals surface area contributed by atoms with E-state index in [0.717, 1.165) is 16.7 Å². The number of sulfonamides is 1. The van der Waals surface area contributed by atoms with Crippen LogP contribution in [0.4, 0.5) is 23.2 Å². The van der Waals surface area contributed by atoms with Crippen LogP contribution in [0.3, 0.4) is 0 Å². The highest BCUT2D eigenvalue weighted by Crippen LogP contribution is 2.27. The first-order valence-corrected chi connectivity index (χ1v) is 10.3. The number of methoxy groups -OCH3 is 1. The zero-order chi connectivity index (χ0) is 22.8. The zero-order valence-corrected chi connectivity index (χ0v) is 16.9. The molecule has 31 heavy (non-hydrogen) atoms. The Bertz CT molecular complexity index is 1290. The van der Waals surface area contributed by atoms with E-state index in [1.165, 1.54) is 37.4 Å². The lowest BCUT2D eigenvalue weighted by Gasteiger charge is -2.11. The van der Waals surface area contributed by atoms with Crippen LogP contribution in [-0.2, 0) is 16.6 Å². The summed E-state index contributed by atoms with van der Waals surface area (Å²) in [6, 6.07) is 8.99. The summed E-state index contributed by atoms with van der Waals surface area (Å²) >= 11 is 0. The minimum absolute atomic E-state index is 0.0208. The number of nitrogens with zero attached hydrogens (tertiary/aromatic N) is 1. The van der Waals surface area contributed by atoms with Crippen LogP contribution in [-0.4, -0.2) is 32.8 Å². The minimum Gasteiger partial charge on any atom is -0.495 e. The first-order valence-electron chi connectivity index (χ1n) is 8.77. The van der Waals surface area contributed by atoms with E-state index in [0.29, 0.717) is 11.1 Å². The highest BCUT2D eigenvalue weighted by molar-refractivity contribution is 7.89. The fourth-order valence-corrected chi connectivity index (χ4v) is 3.48. The van der Waals surface area contributed by atoms with Crippen molar-refractivity contribution in [2.24, 2.45) is 5.14 Å². The van der Waals surface area contributed by atoms with Gasteiger partial charge in [0.25, 0.3) is 0 Å². The minimum atomic E-state index is -4.51. The number of halogens is 4. The quantitative estimate of drug-likeness (QED) is 0.456. The first-order chi connectivity index (χ1) is 14.5. The standard InChI is InChI=1S/C20H17F4N3O3S/c1-30-19-11-16(31(25,28)29)6-7-17(19)26-8-2-3-15-9-13-4-5-14(21)10-18(13)27(15)12-20(22,23)24/h4-7,9-11,26H,8,12H2,1H3,(H2,25,28,29). The number of primary sulfonamides is 1. The number of ether oxygens (including phenoxy) is 1. The Kier molecular flexibility index (Phi) is 6.15. The second kappa shape index (κ2) is 8.49. The highest BCUT2D eigenvalue weighted by Gasteiger charge is 2.29. The Labute approximate surface area is 175 Å². The van der Waals surface area contributed by atoms with E-state index in [9.17, 15) is 26.0 Å². The maximum absolute atomic E-state index is 13.5. The van der Waals surface area contributed by atoms with Crippen LogP contribution in [0.15, 0.2) is 47.4 Å². The smallest absolute Gasteiger partial charge is 0.406 e. The topological polar surface area (TPSA) is 86.3 Å². The Hall–Kier alpha value is -3.23. The highest BCUT2D eigenvalue weighted by atomic mass is 32.2. The molecule has 0 amide bonds. The molecule has 1 aromatic heterocycles. The molecule has 0 unspecified atom stereocenters. The number of nitrogens with two attached hydrogens (primary N) is 1.